The van der Waals surface area contributed by atoms with Crippen molar-refractivity contribution in [2.24, 2.45) is 11.7 Å². The van der Waals surface area contributed by atoms with Crippen LogP contribution in [0.1, 0.15) is 13.3 Å². The smallest absolute Gasteiger partial charge is 0.224 e. The van der Waals surface area contributed by atoms with Crippen LogP contribution in [0.4, 0.5) is 5.69 Å². The molecule has 0 radical (unpaired) electrons. The number of benzene rings is 1. The molecule has 1 amide bonds. The Balaban J connectivity index is 2.73. The summed E-state index contributed by atoms with van der Waals surface area (Å²) in [7, 11) is 1.53. The van der Waals surface area contributed by atoms with E-state index in [4.69, 9.17) is 20.3 Å². The third-order valence-corrected chi connectivity index (χ3v) is 2.73. The van der Waals surface area contributed by atoms with E-state index in [1.807, 2.05) is 6.92 Å². The molecule has 1 atom stereocenters. The summed E-state index contributed by atoms with van der Waals surface area (Å²) in [6, 6.07) is 5.10. The highest BCUT2D eigenvalue weighted by atomic mass is 16.5. The number of nitrogens with one attached hydrogen (secondary N) is 1. The van der Waals surface area contributed by atoms with Crippen LogP contribution in [0.5, 0.6) is 11.5 Å². The van der Waals surface area contributed by atoms with Gasteiger partial charge in [0.2, 0.25) is 5.91 Å². The Morgan fingerprint density at radius 3 is 2.80 bits per heavy atom. The summed E-state index contributed by atoms with van der Waals surface area (Å²) in [6.45, 7) is 2.47. The number of carbonyl (C=O) groups is 1. The third-order valence-electron chi connectivity index (χ3n) is 2.73. The maximum atomic E-state index is 11.8. The molecule has 112 valence electrons. The minimum absolute atomic E-state index is 0.0895. The van der Waals surface area contributed by atoms with Gasteiger partial charge < -0.3 is 25.6 Å². The molecule has 1 aromatic carbocycles. The first kappa shape index (κ1) is 16.3. The van der Waals surface area contributed by atoms with Gasteiger partial charge in [-0.15, -0.1) is 0 Å². The van der Waals surface area contributed by atoms with E-state index in [-0.39, 0.29) is 25.0 Å². The number of hydrogen-bond donors (Lipinski definition) is 3. The average molecular weight is 282 g/mol. The Kier molecular flexibility index (Phi) is 6.83. The summed E-state index contributed by atoms with van der Waals surface area (Å²) in [4.78, 5) is 11.8. The second-order valence-corrected chi connectivity index (χ2v) is 4.53. The van der Waals surface area contributed by atoms with Crippen molar-refractivity contribution < 1.29 is 19.4 Å². The summed E-state index contributed by atoms with van der Waals surface area (Å²) in [5.41, 5.74) is 6.11. The lowest BCUT2D eigenvalue weighted by Crippen LogP contribution is -2.20. The first-order chi connectivity index (χ1) is 9.60. The van der Waals surface area contributed by atoms with Crippen molar-refractivity contribution in [2.75, 3.05) is 32.2 Å². The number of carbonyl (C=O) groups excluding carboxylic acids is 1. The molecule has 6 heteroatoms. The van der Waals surface area contributed by atoms with Crippen molar-refractivity contribution >= 4 is 11.6 Å². The molecule has 0 aliphatic heterocycles. The van der Waals surface area contributed by atoms with Crippen LogP contribution < -0.4 is 20.5 Å². The van der Waals surface area contributed by atoms with Crippen LogP contribution in [0.25, 0.3) is 0 Å². The van der Waals surface area contributed by atoms with Crippen LogP contribution in [0.3, 0.4) is 0 Å². The Morgan fingerprint density at radius 2 is 2.20 bits per heavy atom. The fourth-order valence-corrected chi connectivity index (χ4v) is 1.63. The number of hydrogen-bond acceptors (Lipinski definition) is 5. The van der Waals surface area contributed by atoms with E-state index >= 15 is 0 Å². The zero-order valence-electron chi connectivity index (χ0n) is 11.9. The second-order valence-electron chi connectivity index (χ2n) is 4.53. The van der Waals surface area contributed by atoms with Gasteiger partial charge in [0.25, 0.3) is 0 Å². The van der Waals surface area contributed by atoms with Crippen LogP contribution in [-0.4, -0.2) is 37.9 Å². The molecule has 6 nitrogen and oxygen atoms in total. The first-order valence-corrected chi connectivity index (χ1v) is 6.52. The highest BCUT2D eigenvalue weighted by Crippen LogP contribution is 2.30. The quantitative estimate of drug-likeness (QED) is 0.661. The normalized spacial score (nSPS) is 11.8. The van der Waals surface area contributed by atoms with Crippen molar-refractivity contribution in [3.8, 4) is 11.5 Å². The van der Waals surface area contributed by atoms with Gasteiger partial charge in [-0.1, -0.05) is 6.92 Å². The number of aliphatic hydroxyl groups is 1. The zero-order valence-corrected chi connectivity index (χ0v) is 11.9. The van der Waals surface area contributed by atoms with Crippen molar-refractivity contribution in [1.82, 2.24) is 0 Å². The van der Waals surface area contributed by atoms with Gasteiger partial charge in [-0.3, -0.25) is 4.79 Å². The van der Waals surface area contributed by atoms with Crippen molar-refractivity contribution in [3.05, 3.63) is 18.2 Å². The van der Waals surface area contributed by atoms with Gasteiger partial charge in [0, 0.05) is 18.2 Å². The van der Waals surface area contributed by atoms with Gasteiger partial charge in [0.15, 0.2) is 11.5 Å². The molecule has 0 aliphatic rings. The number of aliphatic hydroxyl groups excluding tert-OH is 1. The number of nitrogens with two attached hydrogens (primary N) is 1. The summed E-state index contributed by atoms with van der Waals surface area (Å²) >= 11 is 0. The lowest BCUT2D eigenvalue weighted by atomic mass is 10.1. The minimum atomic E-state index is -0.0961. The number of anilines is 1. The Hall–Kier alpha value is -1.79. The largest absolute Gasteiger partial charge is 0.493 e. The minimum Gasteiger partial charge on any atom is -0.493 e. The number of amides is 1. The number of methoxy groups -OCH3 is 1. The molecular formula is C14H22N2O4. The molecule has 0 heterocycles. The molecule has 20 heavy (non-hydrogen) atoms. The summed E-state index contributed by atoms with van der Waals surface area (Å²) in [5, 5.41) is 11.6. The highest BCUT2D eigenvalue weighted by molar-refractivity contribution is 5.91. The van der Waals surface area contributed by atoms with E-state index < -0.39 is 0 Å². The molecule has 0 aliphatic carbocycles. The molecular weight excluding hydrogens is 260 g/mol. The van der Waals surface area contributed by atoms with E-state index in [1.54, 1.807) is 18.2 Å². The Labute approximate surface area is 118 Å². The van der Waals surface area contributed by atoms with Gasteiger partial charge >= 0.3 is 0 Å². The fourth-order valence-electron chi connectivity index (χ4n) is 1.63. The molecule has 1 aromatic rings. The molecule has 1 unspecified atom stereocenters. The Bertz CT molecular complexity index is 437. The molecule has 0 bridgehead atoms. The van der Waals surface area contributed by atoms with Crippen LogP contribution in [0, 0.1) is 5.92 Å². The van der Waals surface area contributed by atoms with E-state index in [9.17, 15) is 4.79 Å². The molecule has 0 saturated carbocycles. The molecule has 0 saturated heterocycles. The highest BCUT2D eigenvalue weighted by Gasteiger charge is 2.10. The fraction of sp³-hybridized carbons (Fsp3) is 0.500. The zero-order chi connectivity index (χ0) is 15.0. The van der Waals surface area contributed by atoms with Gasteiger partial charge in [-0.25, -0.2) is 0 Å². The lowest BCUT2D eigenvalue weighted by molar-refractivity contribution is -0.116. The predicted molar refractivity (Wildman–Crippen MR) is 77.0 cm³/mol. The van der Waals surface area contributed by atoms with E-state index in [0.29, 0.717) is 30.2 Å². The van der Waals surface area contributed by atoms with Gasteiger partial charge in [-0.2, -0.15) is 0 Å². The average Bonchev–Trinajstić information content (AvgIpc) is 2.44. The van der Waals surface area contributed by atoms with E-state index in [1.165, 1.54) is 7.11 Å². The van der Waals surface area contributed by atoms with Gasteiger partial charge in [0.05, 0.1) is 13.7 Å². The lowest BCUT2D eigenvalue weighted by Gasteiger charge is -2.13. The SMILES string of the molecule is COc1ccc(NC(=O)CC(C)CN)cc1OCCO. The maximum absolute atomic E-state index is 11.8. The monoisotopic (exact) mass is 282 g/mol. The molecule has 4 N–H and O–H groups in total. The first-order valence-electron chi connectivity index (χ1n) is 6.52. The van der Waals surface area contributed by atoms with Crippen molar-refractivity contribution in [1.29, 1.82) is 0 Å². The predicted octanol–water partition coefficient (Wildman–Crippen LogP) is 0.990. The summed E-state index contributed by atoms with van der Waals surface area (Å²) in [5.74, 6) is 1.07. The topological polar surface area (TPSA) is 93.8 Å². The maximum Gasteiger partial charge on any atom is 0.224 e. The van der Waals surface area contributed by atoms with Crippen LogP contribution in [0.2, 0.25) is 0 Å². The van der Waals surface area contributed by atoms with Crippen molar-refractivity contribution in [2.45, 2.75) is 13.3 Å². The number of ether oxygens (including phenoxy) is 2. The third kappa shape index (κ3) is 5.07. The van der Waals surface area contributed by atoms with E-state index in [2.05, 4.69) is 5.32 Å². The van der Waals surface area contributed by atoms with Gasteiger partial charge in [-0.05, 0) is 24.6 Å². The van der Waals surface area contributed by atoms with E-state index in [0.717, 1.165) is 0 Å². The van der Waals surface area contributed by atoms with Crippen LogP contribution in [0.15, 0.2) is 18.2 Å². The molecule has 0 aromatic heterocycles. The molecule has 0 fully saturated rings. The van der Waals surface area contributed by atoms with Gasteiger partial charge in [0.1, 0.15) is 6.61 Å². The second kappa shape index (κ2) is 8.39. The molecule has 1 rings (SSSR count). The Morgan fingerprint density at radius 1 is 1.45 bits per heavy atom. The summed E-state index contributed by atoms with van der Waals surface area (Å²) < 4.78 is 10.5. The van der Waals surface area contributed by atoms with Crippen LogP contribution in [-0.2, 0) is 4.79 Å². The summed E-state index contributed by atoms with van der Waals surface area (Å²) in [6.07, 6.45) is 0.370. The number of rotatable bonds is 8. The standard InChI is InChI=1S/C14H22N2O4/c1-10(9-15)7-14(18)16-11-3-4-12(19-2)13(8-11)20-6-5-17/h3-4,8,10,17H,5-7,9,15H2,1-2H3,(H,16,18). The molecule has 0 spiro atoms. The van der Waals surface area contributed by atoms with Crippen LogP contribution >= 0.6 is 0 Å². The van der Waals surface area contributed by atoms with Crippen molar-refractivity contribution in [3.63, 3.8) is 0 Å².